The Morgan fingerprint density at radius 1 is 1.62 bits per heavy atom. The zero-order valence-corrected chi connectivity index (χ0v) is 7.15. The van der Waals surface area contributed by atoms with Crippen LogP contribution in [0, 0.1) is 0 Å². The molecular weight excluding hydrogens is 172 g/mol. The van der Waals surface area contributed by atoms with Crippen LogP contribution in [0.5, 0.6) is 0 Å². The molecule has 1 aromatic rings. The van der Waals surface area contributed by atoms with Crippen LogP contribution in [0.4, 0.5) is 5.69 Å². The van der Waals surface area contributed by atoms with Crippen molar-refractivity contribution in [1.29, 1.82) is 0 Å². The summed E-state index contributed by atoms with van der Waals surface area (Å²) in [4.78, 5) is 21.5. The third-order valence-corrected chi connectivity index (χ3v) is 1.79. The molecule has 0 spiro atoms. The van der Waals surface area contributed by atoms with Gasteiger partial charge in [-0.2, -0.15) is 0 Å². The highest BCUT2D eigenvalue weighted by molar-refractivity contribution is 5.71. The van der Waals surface area contributed by atoms with Crippen LogP contribution >= 0.6 is 0 Å². The lowest BCUT2D eigenvalue weighted by Crippen LogP contribution is -2.22. The number of hydrogen-bond acceptors (Lipinski definition) is 3. The largest absolute Gasteiger partial charge is 0.481 e. The van der Waals surface area contributed by atoms with Crippen molar-refractivity contribution in [2.45, 2.75) is 6.42 Å². The fraction of sp³-hybridized carbons (Fsp3) is 0.250. The Balaban J connectivity index is 3.25. The smallest absolute Gasteiger partial charge is 0.309 e. The summed E-state index contributed by atoms with van der Waals surface area (Å²) < 4.78 is 1.24. The number of carbonyl (C=O) groups is 1. The molecule has 3 N–H and O–H groups in total. The Hall–Kier alpha value is -1.78. The quantitative estimate of drug-likeness (QED) is 0.651. The Bertz CT molecular complexity index is 395. The van der Waals surface area contributed by atoms with Crippen molar-refractivity contribution in [3.8, 4) is 0 Å². The summed E-state index contributed by atoms with van der Waals surface area (Å²) in [6.45, 7) is 0. The van der Waals surface area contributed by atoms with Gasteiger partial charge in [-0.1, -0.05) is 0 Å². The Labute approximate surface area is 74.4 Å². The van der Waals surface area contributed by atoms with E-state index in [1.807, 2.05) is 0 Å². The number of pyridine rings is 1. The zero-order chi connectivity index (χ0) is 10.0. The van der Waals surface area contributed by atoms with E-state index in [9.17, 15) is 9.59 Å². The minimum Gasteiger partial charge on any atom is -0.481 e. The van der Waals surface area contributed by atoms with Gasteiger partial charge >= 0.3 is 5.97 Å². The van der Waals surface area contributed by atoms with Crippen molar-refractivity contribution >= 4 is 11.7 Å². The molecule has 0 radical (unpaired) electrons. The fourth-order valence-electron chi connectivity index (χ4n) is 1.06. The first-order valence-corrected chi connectivity index (χ1v) is 3.68. The highest BCUT2D eigenvalue weighted by atomic mass is 16.4. The highest BCUT2D eigenvalue weighted by Crippen LogP contribution is 2.07. The van der Waals surface area contributed by atoms with E-state index in [4.69, 9.17) is 10.8 Å². The van der Waals surface area contributed by atoms with Crippen molar-refractivity contribution in [3.05, 3.63) is 28.2 Å². The van der Waals surface area contributed by atoms with Crippen LogP contribution in [0.15, 0.2) is 16.9 Å². The summed E-state index contributed by atoms with van der Waals surface area (Å²) in [5, 5.41) is 8.54. The minimum absolute atomic E-state index is 0.238. The summed E-state index contributed by atoms with van der Waals surface area (Å²) in [7, 11) is 1.50. The van der Waals surface area contributed by atoms with Crippen molar-refractivity contribution in [2.75, 3.05) is 5.73 Å². The molecule has 0 aliphatic heterocycles. The van der Waals surface area contributed by atoms with Gasteiger partial charge in [-0.15, -0.1) is 0 Å². The number of aromatic nitrogens is 1. The third-order valence-electron chi connectivity index (χ3n) is 1.79. The molecule has 70 valence electrons. The molecule has 5 nitrogen and oxygen atoms in total. The van der Waals surface area contributed by atoms with Gasteiger partial charge < -0.3 is 15.4 Å². The van der Waals surface area contributed by atoms with Crippen LogP contribution < -0.4 is 11.3 Å². The SMILES string of the molecule is Cn1c(CC(=O)O)c(N)ccc1=O. The number of hydrogen-bond donors (Lipinski definition) is 2. The summed E-state index contributed by atoms with van der Waals surface area (Å²) in [5.41, 5.74) is 5.91. The first-order chi connectivity index (χ1) is 6.02. The zero-order valence-electron chi connectivity index (χ0n) is 7.15. The van der Waals surface area contributed by atoms with Crippen LogP contribution in [0.3, 0.4) is 0 Å². The van der Waals surface area contributed by atoms with Gasteiger partial charge in [0.1, 0.15) is 0 Å². The van der Waals surface area contributed by atoms with Crippen LogP contribution in [0.1, 0.15) is 5.69 Å². The first kappa shape index (κ1) is 9.31. The molecule has 0 fully saturated rings. The first-order valence-electron chi connectivity index (χ1n) is 3.68. The van der Waals surface area contributed by atoms with E-state index in [0.717, 1.165) is 0 Å². The molecule has 13 heavy (non-hydrogen) atoms. The summed E-state index contributed by atoms with van der Waals surface area (Å²) in [6, 6.07) is 2.72. The van der Waals surface area contributed by atoms with E-state index in [1.165, 1.54) is 23.7 Å². The van der Waals surface area contributed by atoms with E-state index < -0.39 is 5.97 Å². The molecule has 0 atom stereocenters. The topological polar surface area (TPSA) is 85.3 Å². The van der Waals surface area contributed by atoms with E-state index in [2.05, 4.69) is 0 Å². The number of carboxylic acid groups (broad SMARTS) is 1. The number of nitrogen functional groups attached to an aromatic ring is 1. The fourth-order valence-corrected chi connectivity index (χ4v) is 1.06. The second-order valence-corrected chi connectivity index (χ2v) is 2.70. The Morgan fingerprint density at radius 2 is 2.23 bits per heavy atom. The van der Waals surface area contributed by atoms with Gasteiger partial charge in [0, 0.05) is 13.1 Å². The average molecular weight is 182 g/mol. The van der Waals surface area contributed by atoms with E-state index in [0.29, 0.717) is 11.4 Å². The number of carboxylic acids is 1. The standard InChI is InChI=1S/C8H10N2O3/c1-10-6(4-8(12)13)5(9)2-3-7(10)11/h2-3H,4,9H2,1H3,(H,12,13). The molecule has 0 aliphatic rings. The number of nitrogens with zero attached hydrogens (tertiary/aromatic N) is 1. The average Bonchev–Trinajstić information content (AvgIpc) is 2.05. The second kappa shape index (κ2) is 3.30. The molecule has 0 aliphatic carbocycles. The molecular formula is C8H10N2O3. The van der Waals surface area contributed by atoms with Gasteiger partial charge in [0.15, 0.2) is 0 Å². The van der Waals surface area contributed by atoms with Crippen molar-refractivity contribution in [1.82, 2.24) is 4.57 Å². The maximum Gasteiger partial charge on any atom is 0.309 e. The maximum atomic E-state index is 11.1. The second-order valence-electron chi connectivity index (χ2n) is 2.70. The Kier molecular flexibility index (Phi) is 2.36. The van der Waals surface area contributed by atoms with Gasteiger partial charge in [-0.25, -0.2) is 0 Å². The highest BCUT2D eigenvalue weighted by Gasteiger charge is 2.08. The molecule has 0 saturated heterocycles. The lowest BCUT2D eigenvalue weighted by molar-refractivity contribution is -0.136. The number of aliphatic carboxylic acids is 1. The van der Waals surface area contributed by atoms with Crippen molar-refractivity contribution in [2.24, 2.45) is 7.05 Å². The maximum absolute atomic E-state index is 11.1. The molecule has 0 bridgehead atoms. The van der Waals surface area contributed by atoms with Gasteiger partial charge in [-0.3, -0.25) is 9.59 Å². The Morgan fingerprint density at radius 3 is 2.77 bits per heavy atom. The van der Waals surface area contributed by atoms with E-state index in [-0.39, 0.29) is 12.0 Å². The van der Waals surface area contributed by atoms with Crippen LogP contribution in [-0.4, -0.2) is 15.6 Å². The molecule has 5 heteroatoms. The molecule has 0 amide bonds. The number of rotatable bonds is 2. The van der Waals surface area contributed by atoms with E-state index >= 15 is 0 Å². The normalized spacial score (nSPS) is 9.92. The minimum atomic E-state index is -1.01. The van der Waals surface area contributed by atoms with Crippen LogP contribution in [-0.2, 0) is 18.3 Å². The molecule has 1 aromatic heterocycles. The monoisotopic (exact) mass is 182 g/mol. The van der Waals surface area contributed by atoms with Gasteiger partial charge in [0.05, 0.1) is 17.8 Å². The predicted molar refractivity (Wildman–Crippen MR) is 47.4 cm³/mol. The lowest BCUT2D eigenvalue weighted by atomic mass is 10.2. The molecule has 1 heterocycles. The molecule has 0 aromatic carbocycles. The van der Waals surface area contributed by atoms with Crippen molar-refractivity contribution in [3.63, 3.8) is 0 Å². The number of anilines is 1. The van der Waals surface area contributed by atoms with Gasteiger partial charge in [-0.05, 0) is 6.07 Å². The lowest BCUT2D eigenvalue weighted by Gasteiger charge is -2.07. The molecule has 0 unspecified atom stereocenters. The third kappa shape index (κ3) is 1.87. The summed E-state index contributed by atoms with van der Waals surface area (Å²) in [5.74, 6) is -1.01. The molecule has 0 saturated carbocycles. The van der Waals surface area contributed by atoms with Gasteiger partial charge in [0.2, 0.25) is 0 Å². The summed E-state index contributed by atoms with van der Waals surface area (Å²) in [6.07, 6.45) is -0.238. The number of nitrogens with two attached hydrogens (primary N) is 1. The molecule has 1 rings (SSSR count). The predicted octanol–water partition coefficient (Wildman–Crippen LogP) is -0.405. The van der Waals surface area contributed by atoms with Gasteiger partial charge in [0.25, 0.3) is 5.56 Å². The van der Waals surface area contributed by atoms with Crippen LogP contribution in [0.25, 0.3) is 0 Å². The van der Waals surface area contributed by atoms with Crippen molar-refractivity contribution < 1.29 is 9.90 Å². The van der Waals surface area contributed by atoms with E-state index in [1.54, 1.807) is 0 Å². The van der Waals surface area contributed by atoms with Crippen LogP contribution in [0.2, 0.25) is 0 Å². The summed E-state index contributed by atoms with van der Waals surface area (Å²) >= 11 is 0.